The quantitative estimate of drug-likeness (QED) is 0.879. The lowest BCUT2D eigenvalue weighted by Gasteiger charge is -2.46. The minimum Gasteiger partial charge on any atom is -0.315 e. The fraction of sp³-hybridized carbons (Fsp3) is 0.750. The van der Waals surface area contributed by atoms with Crippen molar-refractivity contribution in [3.8, 4) is 0 Å². The SMILES string of the molecule is Cc1nn(C)c(Cl)c1CC1(C(C)C)CNC1. The monoisotopic (exact) mass is 241 g/mol. The summed E-state index contributed by atoms with van der Waals surface area (Å²) in [4.78, 5) is 0. The van der Waals surface area contributed by atoms with Crippen molar-refractivity contribution in [2.24, 2.45) is 18.4 Å². The van der Waals surface area contributed by atoms with Gasteiger partial charge in [0.05, 0.1) is 5.69 Å². The van der Waals surface area contributed by atoms with E-state index in [0.29, 0.717) is 11.3 Å². The maximum absolute atomic E-state index is 6.29. The maximum Gasteiger partial charge on any atom is 0.130 e. The fourth-order valence-electron chi connectivity index (χ4n) is 2.41. The molecule has 1 N–H and O–H groups in total. The second-order valence-corrected chi connectivity index (χ2v) is 5.63. The van der Waals surface area contributed by atoms with E-state index < -0.39 is 0 Å². The standard InChI is InChI=1S/C12H20ClN3/c1-8(2)12(6-14-7-12)5-10-9(3)15-16(4)11(10)13/h8,14H,5-7H2,1-4H3. The lowest BCUT2D eigenvalue weighted by molar-refractivity contribution is 0.0993. The van der Waals surface area contributed by atoms with Gasteiger partial charge in [-0.05, 0) is 19.3 Å². The number of nitrogens with zero attached hydrogens (tertiary/aromatic N) is 2. The first-order chi connectivity index (χ1) is 7.46. The van der Waals surface area contributed by atoms with Crippen LogP contribution >= 0.6 is 11.6 Å². The van der Waals surface area contributed by atoms with Crippen LogP contribution in [0, 0.1) is 18.3 Å². The Morgan fingerprint density at radius 1 is 1.50 bits per heavy atom. The van der Waals surface area contributed by atoms with Gasteiger partial charge in [-0.15, -0.1) is 0 Å². The van der Waals surface area contributed by atoms with Gasteiger partial charge in [-0.3, -0.25) is 4.68 Å². The molecule has 1 fully saturated rings. The van der Waals surface area contributed by atoms with E-state index >= 15 is 0 Å². The molecule has 16 heavy (non-hydrogen) atoms. The fourth-order valence-corrected chi connectivity index (χ4v) is 2.65. The molecule has 0 aromatic carbocycles. The Balaban J connectivity index is 2.26. The minimum atomic E-state index is 0.372. The van der Waals surface area contributed by atoms with Crippen LogP contribution < -0.4 is 5.32 Å². The zero-order valence-electron chi connectivity index (χ0n) is 10.5. The largest absolute Gasteiger partial charge is 0.315 e. The molecule has 0 bridgehead atoms. The predicted molar refractivity (Wildman–Crippen MR) is 66.8 cm³/mol. The molecular weight excluding hydrogens is 222 g/mol. The van der Waals surface area contributed by atoms with Gasteiger partial charge >= 0.3 is 0 Å². The Kier molecular flexibility index (Phi) is 3.01. The van der Waals surface area contributed by atoms with Crippen LogP contribution in [0.25, 0.3) is 0 Å². The van der Waals surface area contributed by atoms with Crippen LogP contribution in [-0.4, -0.2) is 22.9 Å². The van der Waals surface area contributed by atoms with E-state index in [4.69, 9.17) is 11.6 Å². The Bertz CT molecular complexity index is 391. The molecule has 0 aliphatic carbocycles. The third-order valence-electron chi connectivity index (χ3n) is 3.98. The van der Waals surface area contributed by atoms with E-state index in [1.54, 1.807) is 4.68 Å². The van der Waals surface area contributed by atoms with Crippen molar-refractivity contribution in [3.05, 3.63) is 16.4 Å². The van der Waals surface area contributed by atoms with Gasteiger partial charge in [0.2, 0.25) is 0 Å². The van der Waals surface area contributed by atoms with Gasteiger partial charge in [-0.1, -0.05) is 25.4 Å². The van der Waals surface area contributed by atoms with E-state index in [-0.39, 0.29) is 0 Å². The molecule has 1 aromatic heterocycles. The molecule has 0 amide bonds. The van der Waals surface area contributed by atoms with Gasteiger partial charge in [0, 0.05) is 31.1 Å². The number of halogens is 1. The van der Waals surface area contributed by atoms with Gasteiger partial charge in [0.25, 0.3) is 0 Å². The number of hydrogen-bond donors (Lipinski definition) is 1. The van der Waals surface area contributed by atoms with Crippen LogP contribution in [0.5, 0.6) is 0 Å². The normalized spacial score (nSPS) is 18.9. The van der Waals surface area contributed by atoms with E-state index in [1.165, 1.54) is 5.56 Å². The number of nitrogens with one attached hydrogen (secondary N) is 1. The Labute approximate surface area is 102 Å². The summed E-state index contributed by atoms with van der Waals surface area (Å²) in [5.41, 5.74) is 2.66. The van der Waals surface area contributed by atoms with Crippen LogP contribution in [0.4, 0.5) is 0 Å². The lowest BCUT2D eigenvalue weighted by Crippen LogP contribution is -2.57. The van der Waals surface area contributed by atoms with Gasteiger partial charge in [0.1, 0.15) is 5.15 Å². The molecule has 0 atom stereocenters. The topological polar surface area (TPSA) is 29.9 Å². The molecule has 3 nitrogen and oxygen atoms in total. The van der Waals surface area contributed by atoms with E-state index in [1.807, 2.05) is 14.0 Å². The average Bonchev–Trinajstić information content (AvgIpc) is 2.36. The number of aryl methyl sites for hydroxylation is 2. The molecule has 4 heteroatoms. The van der Waals surface area contributed by atoms with E-state index in [2.05, 4.69) is 24.3 Å². The summed E-state index contributed by atoms with van der Waals surface area (Å²) in [6.07, 6.45) is 1.04. The second kappa shape index (κ2) is 4.04. The smallest absolute Gasteiger partial charge is 0.130 e. The first kappa shape index (κ1) is 11.9. The molecule has 2 heterocycles. The van der Waals surface area contributed by atoms with Crippen LogP contribution in [0.1, 0.15) is 25.1 Å². The zero-order valence-corrected chi connectivity index (χ0v) is 11.2. The average molecular weight is 242 g/mol. The summed E-state index contributed by atoms with van der Waals surface area (Å²) in [6, 6.07) is 0. The molecule has 0 saturated carbocycles. The molecule has 0 unspecified atom stereocenters. The van der Waals surface area contributed by atoms with Crippen molar-refractivity contribution in [1.82, 2.24) is 15.1 Å². The highest BCUT2D eigenvalue weighted by atomic mass is 35.5. The van der Waals surface area contributed by atoms with Crippen molar-refractivity contribution in [3.63, 3.8) is 0 Å². The molecule has 0 radical (unpaired) electrons. The summed E-state index contributed by atoms with van der Waals surface area (Å²) in [5, 5.41) is 8.55. The molecule has 90 valence electrons. The molecule has 1 aromatic rings. The van der Waals surface area contributed by atoms with Crippen LogP contribution in [0.3, 0.4) is 0 Å². The van der Waals surface area contributed by atoms with E-state index in [9.17, 15) is 0 Å². The van der Waals surface area contributed by atoms with Crippen LogP contribution in [0.15, 0.2) is 0 Å². The molecule has 1 saturated heterocycles. The highest BCUT2D eigenvalue weighted by Crippen LogP contribution is 2.38. The Morgan fingerprint density at radius 2 is 2.12 bits per heavy atom. The van der Waals surface area contributed by atoms with Gasteiger partial charge in [-0.25, -0.2) is 0 Å². The summed E-state index contributed by atoms with van der Waals surface area (Å²) < 4.78 is 1.77. The van der Waals surface area contributed by atoms with Crippen LogP contribution in [-0.2, 0) is 13.5 Å². The summed E-state index contributed by atoms with van der Waals surface area (Å²) in [6.45, 7) is 8.81. The summed E-state index contributed by atoms with van der Waals surface area (Å²) in [5.74, 6) is 0.671. The zero-order chi connectivity index (χ0) is 11.9. The lowest BCUT2D eigenvalue weighted by atomic mass is 9.68. The van der Waals surface area contributed by atoms with Crippen molar-refractivity contribution >= 4 is 11.6 Å². The van der Waals surface area contributed by atoms with Crippen molar-refractivity contribution in [2.45, 2.75) is 27.2 Å². The number of aromatic nitrogens is 2. The Hall–Kier alpha value is -0.540. The van der Waals surface area contributed by atoms with Gasteiger partial charge in [0.15, 0.2) is 0 Å². The van der Waals surface area contributed by atoms with Crippen molar-refractivity contribution < 1.29 is 0 Å². The highest BCUT2D eigenvalue weighted by molar-refractivity contribution is 6.30. The highest BCUT2D eigenvalue weighted by Gasteiger charge is 2.41. The number of hydrogen-bond acceptors (Lipinski definition) is 2. The predicted octanol–water partition coefficient (Wildman–Crippen LogP) is 2.17. The Morgan fingerprint density at radius 3 is 2.44 bits per heavy atom. The van der Waals surface area contributed by atoms with Crippen molar-refractivity contribution in [1.29, 1.82) is 0 Å². The van der Waals surface area contributed by atoms with Crippen molar-refractivity contribution in [2.75, 3.05) is 13.1 Å². The first-order valence-corrected chi connectivity index (χ1v) is 6.23. The summed E-state index contributed by atoms with van der Waals surface area (Å²) >= 11 is 6.29. The van der Waals surface area contributed by atoms with Gasteiger partial charge in [-0.2, -0.15) is 5.10 Å². The maximum atomic E-state index is 6.29. The second-order valence-electron chi connectivity index (χ2n) is 5.28. The molecular formula is C12H20ClN3. The molecule has 2 rings (SSSR count). The molecule has 1 aliphatic heterocycles. The van der Waals surface area contributed by atoms with Gasteiger partial charge < -0.3 is 5.32 Å². The molecule has 0 spiro atoms. The third kappa shape index (κ3) is 1.76. The minimum absolute atomic E-state index is 0.372. The van der Waals surface area contributed by atoms with E-state index in [0.717, 1.165) is 30.4 Å². The van der Waals surface area contributed by atoms with Crippen LogP contribution in [0.2, 0.25) is 5.15 Å². The first-order valence-electron chi connectivity index (χ1n) is 5.85. The molecule has 1 aliphatic rings. The number of rotatable bonds is 3. The third-order valence-corrected chi connectivity index (χ3v) is 4.45. The summed E-state index contributed by atoms with van der Waals surface area (Å²) in [7, 11) is 1.90.